The first-order valence-electron chi connectivity index (χ1n) is 11.0. The van der Waals surface area contributed by atoms with Crippen LogP contribution in [0.3, 0.4) is 0 Å². The standard InChI is InChI=1S/C24H33N3O3S/c1-20-11-13-23(14-12-20)31(29,30)26(2)22-10-7-9-21(19-22)24(28)25-15-8-18-27-16-5-3-4-6-17-27/h7,9-14,19H,3-6,8,15-18H2,1-2H3,(H,25,28). The molecule has 1 aliphatic rings. The van der Waals surface area contributed by atoms with Gasteiger partial charge in [0, 0.05) is 19.2 Å². The van der Waals surface area contributed by atoms with Crippen LogP contribution in [0, 0.1) is 6.92 Å². The van der Waals surface area contributed by atoms with Gasteiger partial charge >= 0.3 is 0 Å². The Morgan fingerprint density at radius 3 is 2.39 bits per heavy atom. The van der Waals surface area contributed by atoms with Gasteiger partial charge in [0.25, 0.3) is 15.9 Å². The fourth-order valence-electron chi connectivity index (χ4n) is 3.82. The third-order valence-electron chi connectivity index (χ3n) is 5.79. The fourth-order valence-corrected chi connectivity index (χ4v) is 5.00. The van der Waals surface area contributed by atoms with Crippen LogP contribution < -0.4 is 9.62 Å². The minimum Gasteiger partial charge on any atom is -0.352 e. The van der Waals surface area contributed by atoms with Crippen molar-refractivity contribution in [2.75, 3.05) is 37.5 Å². The highest BCUT2D eigenvalue weighted by atomic mass is 32.2. The van der Waals surface area contributed by atoms with Crippen LogP contribution in [0.4, 0.5) is 5.69 Å². The second kappa shape index (κ2) is 10.8. The first kappa shape index (κ1) is 23.3. The second-order valence-corrected chi connectivity index (χ2v) is 10.2. The Morgan fingerprint density at radius 2 is 1.71 bits per heavy atom. The van der Waals surface area contributed by atoms with Crippen molar-refractivity contribution >= 4 is 21.6 Å². The zero-order valence-corrected chi connectivity index (χ0v) is 19.3. The molecule has 0 radical (unpaired) electrons. The maximum atomic E-state index is 12.9. The number of amides is 1. The molecular weight excluding hydrogens is 410 g/mol. The van der Waals surface area contributed by atoms with Gasteiger partial charge in [-0.15, -0.1) is 0 Å². The number of sulfonamides is 1. The molecule has 0 saturated carbocycles. The van der Waals surface area contributed by atoms with Crippen LogP contribution in [0.25, 0.3) is 0 Å². The lowest BCUT2D eigenvalue weighted by Gasteiger charge is -2.20. The van der Waals surface area contributed by atoms with Gasteiger partial charge in [-0.2, -0.15) is 0 Å². The zero-order chi connectivity index (χ0) is 22.3. The van der Waals surface area contributed by atoms with Gasteiger partial charge in [0.1, 0.15) is 0 Å². The van der Waals surface area contributed by atoms with Crippen molar-refractivity contribution in [3.05, 3.63) is 59.7 Å². The quantitative estimate of drug-likeness (QED) is 0.630. The van der Waals surface area contributed by atoms with Gasteiger partial charge in [-0.25, -0.2) is 8.42 Å². The van der Waals surface area contributed by atoms with E-state index in [0.29, 0.717) is 17.8 Å². The first-order chi connectivity index (χ1) is 14.9. The van der Waals surface area contributed by atoms with Crippen LogP contribution in [-0.4, -0.2) is 52.5 Å². The van der Waals surface area contributed by atoms with Crippen molar-refractivity contribution in [1.29, 1.82) is 0 Å². The highest BCUT2D eigenvalue weighted by Crippen LogP contribution is 2.23. The second-order valence-electron chi connectivity index (χ2n) is 8.20. The number of anilines is 1. The predicted octanol–water partition coefficient (Wildman–Crippen LogP) is 3.82. The third kappa shape index (κ3) is 6.31. The van der Waals surface area contributed by atoms with E-state index in [4.69, 9.17) is 0 Å². The van der Waals surface area contributed by atoms with Gasteiger partial charge in [0.2, 0.25) is 0 Å². The summed E-state index contributed by atoms with van der Waals surface area (Å²) in [6, 6.07) is 13.5. The molecule has 2 aromatic carbocycles. The van der Waals surface area contributed by atoms with Crippen LogP contribution in [0.1, 0.15) is 48.0 Å². The maximum Gasteiger partial charge on any atom is 0.264 e. The van der Waals surface area contributed by atoms with Crippen LogP contribution >= 0.6 is 0 Å². The first-order valence-corrected chi connectivity index (χ1v) is 12.5. The SMILES string of the molecule is Cc1ccc(S(=O)(=O)N(C)c2cccc(C(=O)NCCCN3CCCCCC3)c2)cc1. The van der Waals surface area contributed by atoms with Gasteiger partial charge in [0.05, 0.1) is 10.6 Å². The maximum absolute atomic E-state index is 12.9. The molecule has 0 bridgehead atoms. The summed E-state index contributed by atoms with van der Waals surface area (Å²) in [4.78, 5) is 15.3. The Kier molecular flexibility index (Phi) is 8.09. The van der Waals surface area contributed by atoms with Crippen molar-refractivity contribution in [1.82, 2.24) is 10.2 Å². The normalized spacial score (nSPS) is 15.3. The van der Waals surface area contributed by atoms with Crippen LogP contribution in [0.2, 0.25) is 0 Å². The van der Waals surface area contributed by atoms with E-state index >= 15 is 0 Å². The summed E-state index contributed by atoms with van der Waals surface area (Å²) >= 11 is 0. The fraction of sp³-hybridized carbons (Fsp3) is 0.458. The van der Waals surface area contributed by atoms with Crippen molar-refractivity contribution in [2.45, 2.75) is 43.9 Å². The van der Waals surface area contributed by atoms with E-state index in [-0.39, 0.29) is 10.8 Å². The molecule has 31 heavy (non-hydrogen) atoms. The number of hydrogen-bond donors (Lipinski definition) is 1. The summed E-state index contributed by atoms with van der Waals surface area (Å²) in [6.07, 6.45) is 6.07. The summed E-state index contributed by atoms with van der Waals surface area (Å²) < 4.78 is 27.1. The van der Waals surface area contributed by atoms with Crippen LogP contribution in [0.15, 0.2) is 53.4 Å². The number of nitrogens with zero attached hydrogens (tertiary/aromatic N) is 2. The number of benzene rings is 2. The molecule has 1 amide bonds. The molecule has 2 aromatic rings. The topological polar surface area (TPSA) is 69.7 Å². The molecule has 168 valence electrons. The molecule has 0 aliphatic carbocycles. The van der Waals surface area contributed by atoms with E-state index in [9.17, 15) is 13.2 Å². The van der Waals surface area contributed by atoms with E-state index in [1.807, 2.05) is 6.92 Å². The molecule has 1 saturated heterocycles. The number of rotatable bonds is 8. The highest BCUT2D eigenvalue weighted by Gasteiger charge is 2.22. The molecule has 0 unspecified atom stereocenters. The van der Waals surface area contributed by atoms with E-state index in [1.165, 1.54) is 37.0 Å². The van der Waals surface area contributed by atoms with Gasteiger partial charge in [-0.1, -0.05) is 36.6 Å². The summed E-state index contributed by atoms with van der Waals surface area (Å²) in [6.45, 7) is 5.82. The zero-order valence-electron chi connectivity index (χ0n) is 18.5. The number of carbonyl (C=O) groups excluding carboxylic acids is 1. The Labute approximate surface area is 186 Å². The molecule has 1 heterocycles. The van der Waals surface area contributed by atoms with Crippen molar-refractivity contribution in [3.8, 4) is 0 Å². The van der Waals surface area contributed by atoms with E-state index < -0.39 is 10.0 Å². The average molecular weight is 444 g/mol. The van der Waals surface area contributed by atoms with Crippen LogP contribution in [0.5, 0.6) is 0 Å². The third-order valence-corrected chi connectivity index (χ3v) is 7.59. The Hall–Kier alpha value is -2.38. The van der Waals surface area contributed by atoms with E-state index in [1.54, 1.807) is 48.5 Å². The van der Waals surface area contributed by atoms with Gasteiger partial charge in [-0.05, 0) is 76.2 Å². The Morgan fingerprint density at radius 1 is 1.03 bits per heavy atom. The average Bonchev–Trinajstić information content (AvgIpc) is 3.05. The van der Waals surface area contributed by atoms with Crippen molar-refractivity contribution < 1.29 is 13.2 Å². The number of carbonyl (C=O) groups is 1. The van der Waals surface area contributed by atoms with Gasteiger partial charge in [-0.3, -0.25) is 9.10 Å². The number of nitrogens with one attached hydrogen (secondary N) is 1. The summed E-state index contributed by atoms with van der Waals surface area (Å²) in [5.41, 5.74) is 1.91. The smallest absolute Gasteiger partial charge is 0.264 e. The lowest BCUT2D eigenvalue weighted by molar-refractivity contribution is 0.0951. The summed E-state index contributed by atoms with van der Waals surface area (Å²) in [7, 11) is -2.18. The van der Waals surface area contributed by atoms with E-state index in [2.05, 4.69) is 10.2 Å². The van der Waals surface area contributed by atoms with Gasteiger partial charge in [0.15, 0.2) is 0 Å². The number of hydrogen-bond acceptors (Lipinski definition) is 4. The molecule has 1 aliphatic heterocycles. The number of likely N-dealkylation sites (tertiary alicyclic amines) is 1. The predicted molar refractivity (Wildman–Crippen MR) is 125 cm³/mol. The molecule has 0 spiro atoms. The number of aryl methyl sites for hydroxylation is 1. The summed E-state index contributed by atoms with van der Waals surface area (Å²) in [5.74, 6) is -0.182. The largest absolute Gasteiger partial charge is 0.352 e. The van der Waals surface area contributed by atoms with Crippen molar-refractivity contribution in [3.63, 3.8) is 0 Å². The Balaban J connectivity index is 1.58. The minimum absolute atomic E-state index is 0.182. The monoisotopic (exact) mass is 443 g/mol. The van der Waals surface area contributed by atoms with Gasteiger partial charge < -0.3 is 10.2 Å². The van der Waals surface area contributed by atoms with Crippen molar-refractivity contribution in [2.24, 2.45) is 0 Å². The van der Waals surface area contributed by atoms with Crippen LogP contribution in [-0.2, 0) is 10.0 Å². The molecule has 7 heteroatoms. The Bertz CT molecular complexity index is 966. The molecule has 0 atom stereocenters. The lowest BCUT2D eigenvalue weighted by Crippen LogP contribution is -2.31. The molecule has 1 fully saturated rings. The molecule has 1 N–H and O–H groups in total. The highest BCUT2D eigenvalue weighted by molar-refractivity contribution is 7.92. The molecule has 3 rings (SSSR count). The van der Waals surface area contributed by atoms with E-state index in [0.717, 1.165) is 31.6 Å². The lowest BCUT2D eigenvalue weighted by atomic mass is 10.2. The minimum atomic E-state index is -3.69. The molecule has 0 aromatic heterocycles. The summed E-state index contributed by atoms with van der Waals surface area (Å²) in [5, 5.41) is 2.96. The molecular formula is C24H33N3O3S. The molecule has 6 nitrogen and oxygen atoms in total.